The average molecular weight is 389 g/mol. The van der Waals surface area contributed by atoms with Gasteiger partial charge in [0.25, 0.3) is 0 Å². The van der Waals surface area contributed by atoms with Crippen molar-refractivity contribution >= 4 is 34.4 Å². The van der Waals surface area contributed by atoms with Crippen molar-refractivity contribution in [2.75, 3.05) is 12.3 Å². The number of hydrogen-bond donors (Lipinski definition) is 1. The molecule has 0 aliphatic carbocycles. The molecule has 0 bridgehead atoms. The predicted octanol–water partition coefficient (Wildman–Crippen LogP) is 4.49. The molecule has 1 aromatic rings. The highest BCUT2D eigenvalue weighted by molar-refractivity contribution is 14.1. The van der Waals surface area contributed by atoms with Gasteiger partial charge in [-0.15, -0.1) is 0 Å². The Bertz CT molecular complexity index is 360. The maximum absolute atomic E-state index is 3.78. The van der Waals surface area contributed by atoms with Crippen LogP contribution in [0.25, 0.3) is 0 Å². The van der Waals surface area contributed by atoms with Crippen molar-refractivity contribution in [2.24, 2.45) is 0 Å². The quantitative estimate of drug-likeness (QED) is 0.720. The van der Waals surface area contributed by atoms with Crippen molar-refractivity contribution < 1.29 is 0 Å². The molecule has 0 aromatic heterocycles. The second-order valence-electron chi connectivity index (χ2n) is 5.30. The Balaban J connectivity index is 1.97. The predicted molar refractivity (Wildman–Crippen MR) is 95.0 cm³/mol. The van der Waals surface area contributed by atoms with Gasteiger partial charge in [0.1, 0.15) is 0 Å². The summed E-state index contributed by atoms with van der Waals surface area (Å²) in [7, 11) is 0. The Labute approximate surface area is 135 Å². The SMILES string of the molecule is CCCNC(Cc1ccc(I)cc1)C1CCCCS1. The van der Waals surface area contributed by atoms with Crippen molar-refractivity contribution in [3.05, 3.63) is 33.4 Å². The zero-order valence-corrected chi connectivity index (χ0v) is 14.7. The molecule has 0 amide bonds. The number of thioether (sulfide) groups is 1. The van der Waals surface area contributed by atoms with Crippen LogP contribution in [0.5, 0.6) is 0 Å². The third-order valence-electron chi connectivity index (χ3n) is 3.69. The normalized spacial score (nSPS) is 21.3. The van der Waals surface area contributed by atoms with E-state index in [0.717, 1.165) is 11.8 Å². The largest absolute Gasteiger partial charge is 0.313 e. The van der Waals surface area contributed by atoms with Gasteiger partial charge < -0.3 is 5.32 Å². The first-order chi connectivity index (χ1) is 9.29. The van der Waals surface area contributed by atoms with Gasteiger partial charge >= 0.3 is 0 Å². The molecule has 1 nitrogen and oxygen atoms in total. The first-order valence-corrected chi connectivity index (χ1v) is 9.51. The molecular weight excluding hydrogens is 365 g/mol. The van der Waals surface area contributed by atoms with Gasteiger partial charge in [-0.05, 0) is 78.3 Å². The second-order valence-corrected chi connectivity index (χ2v) is 7.89. The molecule has 1 aromatic carbocycles. The van der Waals surface area contributed by atoms with Gasteiger partial charge in [-0.3, -0.25) is 0 Å². The number of benzene rings is 1. The summed E-state index contributed by atoms with van der Waals surface area (Å²) in [5.41, 5.74) is 1.47. The lowest BCUT2D eigenvalue weighted by Crippen LogP contribution is -2.41. The summed E-state index contributed by atoms with van der Waals surface area (Å²) >= 11 is 4.56. The molecule has 2 atom stereocenters. The molecule has 106 valence electrons. The highest BCUT2D eigenvalue weighted by Crippen LogP contribution is 2.29. The zero-order valence-electron chi connectivity index (χ0n) is 11.7. The van der Waals surface area contributed by atoms with E-state index in [4.69, 9.17) is 0 Å². The molecule has 1 heterocycles. The number of nitrogens with one attached hydrogen (secondary N) is 1. The third-order valence-corrected chi connectivity index (χ3v) is 5.93. The monoisotopic (exact) mass is 389 g/mol. The third kappa shape index (κ3) is 5.27. The minimum absolute atomic E-state index is 0.644. The van der Waals surface area contributed by atoms with Gasteiger partial charge in [-0.2, -0.15) is 11.8 Å². The molecule has 1 N–H and O–H groups in total. The summed E-state index contributed by atoms with van der Waals surface area (Å²) in [5.74, 6) is 1.35. The van der Waals surface area contributed by atoms with Gasteiger partial charge in [-0.25, -0.2) is 0 Å². The van der Waals surface area contributed by atoms with E-state index < -0.39 is 0 Å². The molecule has 2 rings (SSSR count). The first kappa shape index (κ1) is 15.6. The number of halogens is 1. The standard InChI is InChI=1S/C16H24INS/c1-2-10-18-15(16-5-3-4-11-19-16)12-13-6-8-14(17)9-7-13/h6-9,15-16,18H,2-5,10-12H2,1H3. The average Bonchev–Trinajstić information content (AvgIpc) is 2.46. The number of hydrogen-bond acceptors (Lipinski definition) is 2. The fourth-order valence-corrected chi connectivity index (χ4v) is 4.41. The molecule has 1 saturated heterocycles. The maximum atomic E-state index is 3.78. The molecule has 19 heavy (non-hydrogen) atoms. The van der Waals surface area contributed by atoms with Crippen molar-refractivity contribution in [2.45, 2.75) is 50.3 Å². The van der Waals surface area contributed by atoms with Gasteiger partial charge in [0, 0.05) is 14.9 Å². The van der Waals surface area contributed by atoms with E-state index in [1.165, 1.54) is 47.0 Å². The van der Waals surface area contributed by atoms with Crippen LogP contribution in [0.1, 0.15) is 38.2 Å². The van der Waals surface area contributed by atoms with Crippen molar-refractivity contribution in [3.8, 4) is 0 Å². The van der Waals surface area contributed by atoms with E-state index >= 15 is 0 Å². The van der Waals surface area contributed by atoms with Crippen LogP contribution in [-0.4, -0.2) is 23.6 Å². The first-order valence-electron chi connectivity index (χ1n) is 7.39. The van der Waals surface area contributed by atoms with Crippen LogP contribution in [0.15, 0.2) is 24.3 Å². The summed E-state index contributed by atoms with van der Waals surface area (Å²) < 4.78 is 1.33. The second kappa shape index (κ2) is 8.53. The topological polar surface area (TPSA) is 12.0 Å². The Hall–Kier alpha value is 0.260. The molecule has 3 heteroatoms. The Morgan fingerprint density at radius 3 is 2.74 bits per heavy atom. The maximum Gasteiger partial charge on any atom is 0.0226 e. The summed E-state index contributed by atoms with van der Waals surface area (Å²) in [6.07, 6.45) is 6.60. The van der Waals surface area contributed by atoms with Crippen molar-refractivity contribution in [1.29, 1.82) is 0 Å². The summed E-state index contributed by atoms with van der Waals surface area (Å²) in [6.45, 7) is 3.40. The van der Waals surface area contributed by atoms with Crippen LogP contribution in [0.4, 0.5) is 0 Å². The van der Waals surface area contributed by atoms with Crippen molar-refractivity contribution in [1.82, 2.24) is 5.32 Å². The van der Waals surface area contributed by atoms with Gasteiger partial charge in [0.2, 0.25) is 0 Å². The van der Waals surface area contributed by atoms with Crippen LogP contribution in [-0.2, 0) is 6.42 Å². The van der Waals surface area contributed by atoms with E-state index in [2.05, 4.69) is 70.9 Å². The van der Waals surface area contributed by atoms with Gasteiger partial charge in [0.05, 0.1) is 0 Å². The van der Waals surface area contributed by atoms with E-state index in [-0.39, 0.29) is 0 Å². The lowest BCUT2D eigenvalue weighted by molar-refractivity contribution is 0.461. The summed E-state index contributed by atoms with van der Waals surface area (Å²) in [5, 5.41) is 4.58. The molecule has 0 radical (unpaired) electrons. The van der Waals surface area contributed by atoms with Gasteiger partial charge in [-0.1, -0.05) is 25.5 Å². The minimum atomic E-state index is 0.644. The van der Waals surface area contributed by atoms with E-state index in [1.54, 1.807) is 0 Å². The molecule has 1 aliphatic rings. The Kier molecular flexibility index (Phi) is 7.02. The molecule has 1 fully saturated rings. The summed E-state index contributed by atoms with van der Waals surface area (Å²) in [4.78, 5) is 0. The van der Waals surface area contributed by atoms with E-state index in [0.29, 0.717) is 6.04 Å². The summed E-state index contributed by atoms with van der Waals surface area (Å²) in [6, 6.07) is 9.66. The van der Waals surface area contributed by atoms with Crippen LogP contribution >= 0.6 is 34.4 Å². The molecular formula is C16H24INS. The highest BCUT2D eigenvalue weighted by atomic mass is 127. The highest BCUT2D eigenvalue weighted by Gasteiger charge is 2.23. The molecule has 0 spiro atoms. The molecule has 2 unspecified atom stereocenters. The van der Waals surface area contributed by atoms with Crippen LogP contribution < -0.4 is 5.32 Å². The lowest BCUT2D eigenvalue weighted by Gasteiger charge is -2.31. The fraction of sp³-hybridized carbons (Fsp3) is 0.625. The number of rotatable bonds is 6. The van der Waals surface area contributed by atoms with Crippen LogP contribution in [0.2, 0.25) is 0 Å². The van der Waals surface area contributed by atoms with E-state index in [9.17, 15) is 0 Å². The van der Waals surface area contributed by atoms with Gasteiger partial charge in [0.15, 0.2) is 0 Å². The Morgan fingerprint density at radius 1 is 1.32 bits per heavy atom. The van der Waals surface area contributed by atoms with Crippen molar-refractivity contribution in [3.63, 3.8) is 0 Å². The zero-order chi connectivity index (χ0) is 13.5. The lowest BCUT2D eigenvalue weighted by atomic mass is 9.99. The van der Waals surface area contributed by atoms with E-state index in [1.807, 2.05) is 0 Å². The van der Waals surface area contributed by atoms with Crippen LogP contribution in [0.3, 0.4) is 0 Å². The Morgan fingerprint density at radius 2 is 2.11 bits per heavy atom. The fourth-order valence-electron chi connectivity index (χ4n) is 2.62. The molecule has 1 aliphatic heterocycles. The molecule has 0 saturated carbocycles. The van der Waals surface area contributed by atoms with Crippen LogP contribution in [0, 0.1) is 3.57 Å². The smallest absolute Gasteiger partial charge is 0.0226 e. The minimum Gasteiger partial charge on any atom is -0.313 e.